The molecule has 1 aromatic heterocycles. The van der Waals surface area contributed by atoms with Crippen LogP contribution in [0.15, 0.2) is 0 Å². The molecule has 0 atom stereocenters. The summed E-state index contributed by atoms with van der Waals surface area (Å²) in [6.07, 6.45) is 6.23. The Hall–Kier alpha value is -1.91. The molecule has 0 aliphatic heterocycles. The van der Waals surface area contributed by atoms with Gasteiger partial charge in [0.2, 0.25) is 5.91 Å². The van der Waals surface area contributed by atoms with Crippen molar-refractivity contribution in [3.8, 4) is 6.07 Å². The van der Waals surface area contributed by atoms with Crippen LogP contribution >= 0.6 is 11.3 Å². The predicted octanol–water partition coefficient (Wildman–Crippen LogP) is 3.10. The number of rotatable bonds is 10. The first-order valence-corrected chi connectivity index (χ1v) is 10.6. The molecule has 1 aromatic rings. The Morgan fingerprint density at radius 2 is 2.07 bits per heavy atom. The molecule has 1 fully saturated rings. The fraction of sp³-hybridized carbons (Fsp3) is 0.650. The molecule has 2 aliphatic rings. The highest BCUT2D eigenvalue weighted by atomic mass is 32.1. The summed E-state index contributed by atoms with van der Waals surface area (Å²) in [6.45, 7) is 4.38. The SMILES string of the molecule is CCOC(=O)CCN(CCC(=O)Nc1sc2c(c1C#N)CCC2)CC1CC1. The van der Waals surface area contributed by atoms with Crippen LogP contribution in [0.5, 0.6) is 0 Å². The largest absolute Gasteiger partial charge is 0.466 e. The summed E-state index contributed by atoms with van der Waals surface area (Å²) in [5.74, 6) is 0.443. The van der Waals surface area contributed by atoms with Gasteiger partial charge in [-0.15, -0.1) is 11.3 Å². The van der Waals surface area contributed by atoms with Gasteiger partial charge in [0.1, 0.15) is 11.1 Å². The first-order valence-electron chi connectivity index (χ1n) is 9.83. The summed E-state index contributed by atoms with van der Waals surface area (Å²) in [5.41, 5.74) is 1.78. The highest BCUT2D eigenvalue weighted by Gasteiger charge is 2.26. The molecule has 0 saturated heterocycles. The highest BCUT2D eigenvalue weighted by Crippen LogP contribution is 2.38. The Bertz CT molecular complexity index is 734. The zero-order chi connectivity index (χ0) is 19.2. The van der Waals surface area contributed by atoms with E-state index in [4.69, 9.17) is 4.74 Å². The number of ether oxygens (including phenoxy) is 1. The normalized spacial score (nSPS) is 15.4. The molecule has 2 aliphatic carbocycles. The summed E-state index contributed by atoms with van der Waals surface area (Å²) in [7, 11) is 0. The molecule has 146 valence electrons. The molecule has 0 unspecified atom stereocenters. The molecule has 1 amide bonds. The fourth-order valence-electron chi connectivity index (χ4n) is 3.50. The number of anilines is 1. The van der Waals surface area contributed by atoms with Crippen molar-refractivity contribution in [3.05, 3.63) is 16.0 Å². The lowest BCUT2D eigenvalue weighted by atomic mass is 10.1. The molecule has 1 saturated carbocycles. The molecule has 0 bridgehead atoms. The third kappa shape index (κ3) is 5.53. The van der Waals surface area contributed by atoms with Crippen LogP contribution in [0, 0.1) is 17.2 Å². The zero-order valence-electron chi connectivity index (χ0n) is 15.9. The van der Waals surface area contributed by atoms with E-state index in [9.17, 15) is 14.9 Å². The van der Waals surface area contributed by atoms with Crippen molar-refractivity contribution in [1.82, 2.24) is 4.90 Å². The van der Waals surface area contributed by atoms with E-state index in [1.165, 1.54) is 17.7 Å². The molecule has 0 aromatic carbocycles. The molecular formula is C20H27N3O3S. The lowest BCUT2D eigenvalue weighted by Gasteiger charge is -2.21. The fourth-order valence-corrected chi connectivity index (χ4v) is 4.76. The molecule has 3 rings (SSSR count). The summed E-state index contributed by atoms with van der Waals surface area (Å²) in [5, 5.41) is 13.1. The second-order valence-electron chi connectivity index (χ2n) is 7.27. The van der Waals surface area contributed by atoms with Crippen LogP contribution < -0.4 is 5.32 Å². The number of nitrogens with zero attached hydrogens (tertiary/aromatic N) is 2. The minimum Gasteiger partial charge on any atom is -0.466 e. The topological polar surface area (TPSA) is 82.4 Å². The predicted molar refractivity (Wildman–Crippen MR) is 105 cm³/mol. The summed E-state index contributed by atoms with van der Waals surface area (Å²) in [6, 6.07) is 2.26. The zero-order valence-corrected chi connectivity index (χ0v) is 16.7. The molecule has 1 heterocycles. The third-order valence-electron chi connectivity index (χ3n) is 5.09. The van der Waals surface area contributed by atoms with Gasteiger partial charge in [-0.05, 0) is 50.5 Å². The first-order chi connectivity index (χ1) is 13.1. The van der Waals surface area contributed by atoms with Gasteiger partial charge in [-0.1, -0.05) is 0 Å². The van der Waals surface area contributed by atoms with Gasteiger partial charge >= 0.3 is 5.97 Å². The van der Waals surface area contributed by atoms with Crippen molar-refractivity contribution in [2.75, 3.05) is 31.6 Å². The Labute approximate surface area is 164 Å². The highest BCUT2D eigenvalue weighted by molar-refractivity contribution is 7.16. The van der Waals surface area contributed by atoms with Gasteiger partial charge in [0.05, 0.1) is 18.6 Å². The van der Waals surface area contributed by atoms with Crippen LogP contribution in [0.4, 0.5) is 5.00 Å². The van der Waals surface area contributed by atoms with Gasteiger partial charge in [-0.2, -0.15) is 5.26 Å². The summed E-state index contributed by atoms with van der Waals surface area (Å²) in [4.78, 5) is 27.5. The number of hydrogen-bond donors (Lipinski definition) is 1. The second-order valence-corrected chi connectivity index (χ2v) is 8.38. The van der Waals surface area contributed by atoms with Gasteiger partial charge in [-0.25, -0.2) is 0 Å². The average Bonchev–Trinajstić information content (AvgIpc) is 3.24. The second kappa shape index (κ2) is 9.34. The summed E-state index contributed by atoms with van der Waals surface area (Å²) >= 11 is 1.55. The van der Waals surface area contributed by atoms with Gasteiger partial charge in [0.25, 0.3) is 0 Å². The third-order valence-corrected chi connectivity index (χ3v) is 6.30. The number of carbonyl (C=O) groups excluding carboxylic acids is 2. The van der Waals surface area contributed by atoms with Crippen LogP contribution in [0.2, 0.25) is 0 Å². The van der Waals surface area contributed by atoms with E-state index in [1.54, 1.807) is 18.3 Å². The first kappa shape index (κ1) is 19.8. The minimum absolute atomic E-state index is 0.0663. The molecule has 0 spiro atoms. The Balaban J connectivity index is 1.50. The summed E-state index contributed by atoms with van der Waals surface area (Å²) < 4.78 is 5.00. The van der Waals surface area contributed by atoms with Crippen LogP contribution in [-0.2, 0) is 27.2 Å². The van der Waals surface area contributed by atoms with Crippen molar-refractivity contribution >= 4 is 28.2 Å². The van der Waals surface area contributed by atoms with Crippen LogP contribution in [0.1, 0.15) is 55.0 Å². The number of nitrogens with one attached hydrogen (secondary N) is 1. The molecule has 7 heteroatoms. The number of fused-ring (bicyclic) bond motifs is 1. The van der Waals surface area contributed by atoms with Gasteiger partial charge in [0, 0.05) is 30.9 Å². The molecule has 0 radical (unpaired) electrons. The quantitative estimate of drug-likeness (QED) is 0.622. The van der Waals surface area contributed by atoms with Crippen LogP contribution in [0.3, 0.4) is 0 Å². The van der Waals surface area contributed by atoms with E-state index in [0.29, 0.717) is 49.0 Å². The number of carbonyl (C=O) groups is 2. The van der Waals surface area contributed by atoms with Crippen LogP contribution in [0.25, 0.3) is 0 Å². The van der Waals surface area contributed by atoms with Gasteiger partial charge in [-0.3, -0.25) is 9.59 Å². The number of thiophene rings is 1. The van der Waals surface area contributed by atoms with Gasteiger partial charge < -0.3 is 15.0 Å². The number of hydrogen-bond acceptors (Lipinski definition) is 6. The van der Waals surface area contributed by atoms with Crippen molar-refractivity contribution in [1.29, 1.82) is 5.26 Å². The lowest BCUT2D eigenvalue weighted by molar-refractivity contribution is -0.143. The van der Waals surface area contributed by atoms with E-state index in [2.05, 4.69) is 16.3 Å². The Morgan fingerprint density at radius 3 is 2.78 bits per heavy atom. The van der Waals surface area contributed by atoms with Crippen molar-refractivity contribution in [3.63, 3.8) is 0 Å². The number of amides is 1. The van der Waals surface area contributed by atoms with E-state index < -0.39 is 0 Å². The molecule has 6 nitrogen and oxygen atoms in total. The number of aryl methyl sites for hydroxylation is 1. The van der Waals surface area contributed by atoms with Gasteiger partial charge in [0.15, 0.2) is 0 Å². The monoisotopic (exact) mass is 389 g/mol. The maximum absolute atomic E-state index is 12.4. The Morgan fingerprint density at radius 1 is 1.30 bits per heavy atom. The van der Waals surface area contributed by atoms with E-state index in [0.717, 1.165) is 31.4 Å². The van der Waals surface area contributed by atoms with Crippen molar-refractivity contribution < 1.29 is 14.3 Å². The average molecular weight is 390 g/mol. The standard InChI is InChI=1S/C20H27N3O3S/c1-2-26-19(25)9-11-23(13-14-6-7-14)10-8-18(24)22-20-16(12-21)15-4-3-5-17(15)27-20/h14H,2-11,13H2,1H3,(H,22,24). The lowest BCUT2D eigenvalue weighted by Crippen LogP contribution is -2.32. The van der Waals surface area contributed by atoms with E-state index in [-0.39, 0.29) is 11.9 Å². The van der Waals surface area contributed by atoms with Crippen LogP contribution in [-0.4, -0.2) is 43.0 Å². The van der Waals surface area contributed by atoms with Crippen molar-refractivity contribution in [2.45, 2.75) is 51.9 Å². The van der Waals surface area contributed by atoms with Crippen molar-refractivity contribution in [2.24, 2.45) is 5.92 Å². The molecule has 27 heavy (non-hydrogen) atoms. The number of nitriles is 1. The number of esters is 1. The Kier molecular flexibility index (Phi) is 6.86. The maximum atomic E-state index is 12.4. The molecular weight excluding hydrogens is 362 g/mol. The van der Waals surface area contributed by atoms with E-state index in [1.807, 2.05) is 0 Å². The maximum Gasteiger partial charge on any atom is 0.307 e. The smallest absolute Gasteiger partial charge is 0.307 e. The minimum atomic E-state index is -0.186. The molecule has 1 N–H and O–H groups in total. The van der Waals surface area contributed by atoms with E-state index >= 15 is 0 Å².